The molecule has 2 heteroatoms. The van der Waals surface area contributed by atoms with Crippen molar-refractivity contribution in [3.63, 3.8) is 0 Å². The van der Waals surface area contributed by atoms with Crippen molar-refractivity contribution >= 4 is 7.85 Å². The van der Waals surface area contributed by atoms with Crippen LogP contribution in [0.1, 0.15) is 33.6 Å². The van der Waals surface area contributed by atoms with Crippen molar-refractivity contribution in [3.8, 4) is 0 Å². The smallest absolute Gasteiger partial charge is 0.109 e. The lowest BCUT2D eigenvalue weighted by Gasteiger charge is -2.26. The van der Waals surface area contributed by atoms with Gasteiger partial charge in [-0.1, -0.05) is 13.8 Å². The highest BCUT2D eigenvalue weighted by molar-refractivity contribution is 6.11. The molecule has 0 aromatic rings. The largest absolute Gasteiger partial charge is 0.382 e. The molecule has 1 unspecified atom stereocenters. The maximum absolute atomic E-state index is 5.65. The second-order valence-corrected chi connectivity index (χ2v) is 3.46. The van der Waals surface area contributed by atoms with Crippen LogP contribution in [0.25, 0.3) is 0 Å². The third-order valence-electron chi connectivity index (χ3n) is 2.75. The molecule has 0 bridgehead atoms. The van der Waals surface area contributed by atoms with Gasteiger partial charge in [-0.05, 0) is 25.7 Å². The van der Waals surface area contributed by atoms with Crippen molar-refractivity contribution in [1.82, 2.24) is 0 Å². The van der Waals surface area contributed by atoms with Crippen LogP contribution in [0.5, 0.6) is 0 Å². The first-order valence-corrected chi connectivity index (χ1v) is 4.02. The summed E-state index contributed by atoms with van der Waals surface area (Å²) in [6, 6.07) is -0.0278. The van der Waals surface area contributed by atoms with Crippen molar-refractivity contribution in [3.05, 3.63) is 0 Å². The first kappa shape index (κ1) is 8.12. The normalized spacial score (nSPS) is 47.9. The van der Waals surface area contributed by atoms with Gasteiger partial charge in [0.05, 0.1) is 5.60 Å². The van der Waals surface area contributed by atoms with Gasteiger partial charge < -0.3 is 4.74 Å². The lowest BCUT2D eigenvalue weighted by atomic mass is 9.85. The highest BCUT2D eigenvalue weighted by Crippen LogP contribution is 2.36. The molecule has 1 saturated heterocycles. The van der Waals surface area contributed by atoms with E-state index in [-0.39, 0.29) is 11.6 Å². The first-order valence-electron chi connectivity index (χ1n) is 4.02. The summed E-state index contributed by atoms with van der Waals surface area (Å²) in [5, 5.41) is 0. The van der Waals surface area contributed by atoms with E-state index in [1.54, 1.807) is 0 Å². The molecule has 1 aliphatic rings. The molecule has 0 aromatic heterocycles. The van der Waals surface area contributed by atoms with Crippen LogP contribution in [0, 0.1) is 5.92 Å². The van der Waals surface area contributed by atoms with Crippen molar-refractivity contribution in [1.29, 1.82) is 0 Å². The molecule has 1 heterocycles. The molecular weight excluding hydrogens is 123 g/mol. The summed E-state index contributed by atoms with van der Waals surface area (Å²) in [5.74, 6) is 0.604. The Morgan fingerprint density at radius 1 is 1.70 bits per heavy atom. The second-order valence-electron chi connectivity index (χ2n) is 3.46. The Kier molecular flexibility index (Phi) is 2.09. The van der Waals surface area contributed by atoms with E-state index in [9.17, 15) is 0 Å². The number of hydrogen-bond acceptors (Lipinski definition) is 1. The lowest BCUT2D eigenvalue weighted by Crippen LogP contribution is -2.29. The highest BCUT2D eigenvalue weighted by Gasteiger charge is 2.38. The van der Waals surface area contributed by atoms with Gasteiger partial charge in [-0.3, -0.25) is 0 Å². The van der Waals surface area contributed by atoms with Crippen LogP contribution >= 0.6 is 0 Å². The molecule has 1 nitrogen and oxygen atoms in total. The number of hydrogen-bond donors (Lipinski definition) is 0. The molecule has 56 valence electrons. The zero-order chi connectivity index (χ0) is 7.78. The Morgan fingerprint density at radius 3 is 2.50 bits per heavy atom. The Hall–Kier alpha value is 0.0249. The zero-order valence-corrected chi connectivity index (χ0v) is 7.05. The Labute approximate surface area is 64.6 Å². The average molecular weight is 138 g/mol. The van der Waals surface area contributed by atoms with Crippen LogP contribution in [0.15, 0.2) is 0 Å². The molecule has 1 rings (SSSR count). The average Bonchev–Trinajstić information content (AvgIpc) is 2.09. The number of rotatable bonds is 1. The minimum atomic E-state index is -0.0278. The van der Waals surface area contributed by atoms with E-state index in [4.69, 9.17) is 12.6 Å². The maximum Gasteiger partial charge on any atom is 0.109 e. The van der Waals surface area contributed by atoms with E-state index in [0.29, 0.717) is 5.92 Å². The fourth-order valence-corrected chi connectivity index (χ4v) is 1.54. The van der Waals surface area contributed by atoms with Gasteiger partial charge in [-0.15, -0.1) is 0 Å². The standard InChI is InChI=1S/C8H15BO/c1-4-8(3)6(2)5-7(9)10-8/h6-7H,4-5H2,1-3H3/t6-,7+,8?/m0/s1. The second kappa shape index (κ2) is 2.57. The summed E-state index contributed by atoms with van der Waals surface area (Å²) in [7, 11) is 5.65. The molecule has 10 heavy (non-hydrogen) atoms. The summed E-state index contributed by atoms with van der Waals surface area (Å²) in [6.45, 7) is 6.50. The summed E-state index contributed by atoms with van der Waals surface area (Å²) >= 11 is 0. The first-order chi connectivity index (χ1) is 4.58. The zero-order valence-electron chi connectivity index (χ0n) is 7.05. The lowest BCUT2D eigenvalue weighted by molar-refractivity contribution is -0.0185. The van der Waals surface area contributed by atoms with Gasteiger partial charge in [0, 0.05) is 6.00 Å². The van der Waals surface area contributed by atoms with Crippen LogP contribution in [0.4, 0.5) is 0 Å². The molecular formula is C8H15BO. The quantitative estimate of drug-likeness (QED) is 0.501. The third-order valence-corrected chi connectivity index (χ3v) is 2.75. The molecule has 0 N–H and O–H groups in total. The predicted molar refractivity (Wildman–Crippen MR) is 43.1 cm³/mol. The molecule has 2 radical (unpaired) electrons. The molecule has 0 spiro atoms. The van der Waals surface area contributed by atoms with Crippen LogP contribution in [-0.4, -0.2) is 19.5 Å². The van der Waals surface area contributed by atoms with Gasteiger partial charge in [0.1, 0.15) is 7.85 Å². The third kappa shape index (κ3) is 1.22. The Bertz CT molecular complexity index is 126. The van der Waals surface area contributed by atoms with Crippen molar-refractivity contribution in [2.75, 3.05) is 0 Å². The molecule has 0 aromatic carbocycles. The van der Waals surface area contributed by atoms with Gasteiger partial charge in [0.25, 0.3) is 0 Å². The SMILES string of the molecule is [B][C@H]1C[C@H](C)C(C)(CC)O1. The van der Waals surface area contributed by atoms with Crippen molar-refractivity contribution in [2.45, 2.75) is 45.2 Å². The number of ether oxygens (including phenoxy) is 1. The maximum atomic E-state index is 5.65. The van der Waals surface area contributed by atoms with Crippen LogP contribution in [-0.2, 0) is 4.74 Å². The van der Waals surface area contributed by atoms with Crippen LogP contribution < -0.4 is 0 Å². The van der Waals surface area contributed by atoms with E-state index in [2.05, 4.69) is 20.8 Å². The minimum Gasteiger partial charge on any atom is -0.382 e. The Balaban J connectivity index is 2.61. The van der Waals surface area contributed by atoms with E-state index in [1.165, 1.54) is 0 Å². The Morgan fingerprint density at radius 2 is 2.30 bits per heavy atom. The van der Waals surface area contributed by atoms with E-state index < -0.39 is 0 Å². The van der Waals surface area contributed by atoms with Crippen molar-refractivity contribution < 1.29 is 4.74 Å². The fourth-order valence-electron chi connectivity index (χ4n) is 1.54. The molecule has 0 aliphatic carbocycles. The molecule has 3 atom stereocenters. The minimum absolute atomic E-state index is 0.0278. The van der Waals surface area contributed by atoms with Gasteiger partial charge >= 0.3 is 0 Å². The predicted octanol–water partition coefficient (Wildman–Crippen LogP) is 1.71. The van der Waals surface area contributed by atoms with E-state index in [0.717, 1.165) is 12.8 Å². The van der Waals surface area contributed by atoms with Gasteiger partial charge in [0.2, 0.25) is 0 Å². The van der Waals surface area contributed by atoms with E-state index in [1.807, 2.05) is 0 Å². The van der Waals surface area contributed by atoms with Crippen molar-refractivity contribution in [2.24, 2.45) is 5.92 Å². The summed E-state index contributed by atoms with van der Waals surface area (Å²) in [6.07, 6.45) is 2.06. The van der Waals surface area contributed by atoms with Gasteiger partial charge in [-0.2, -0.15) is 0 Å². The molecule has 0 saturated carbocycles. The monoisotopic (exact) mass is 138 g/mol. The van der Waals surface area contributed by atoms with Gasteiger partial charge in [-0.25, -0.2) is 0 Å². The summed E-state index contributed by atoms with van der Waals surface area (Å²) in [5.41, 5.74) is 0.0411. The molecule has 1 fully saturated rings. The fraction of sp³-hybridized carbons (Fsp3) is 1.00. The summed E-state index contributed by atoms with van der Waals surface area (Å²) < 4.78 is 5.59. The van der Waals surface area contributed by atoms with Crippen LogP contribution in [0.3, 0.4) is 0 Å². The highest BCUT2D eigenvalue weighted by atomic mass is 16.5. The van der Waals surface area contributed by atoms with E-state index >= 15 is 0 Å². The summed E-state index contributed by atoms with van der Waals surface area (Å²) in [4.78, 5) is 0. The topological polar surface area (TPSA) is 9.23 Å². The molecule has 1 aliphatic heterocycles. The van der Waals surface area contributed by atoms with Crippen LogP contribution in [0.2, 0.25) is 0 Å². The molecule has 0 amide bonds. The van der Waals surface area contributed by atoms with Gasteiger partial charge in [0.15, 0.2) is 0 Å².